The minimum absolute atomic E-state index is 0. The molecular formula is C6H14NaO10Zr+. The third-order valence-electron chi connectivity index (χ3n) is 0.406. The Morgan fingerprint density at radius 2 is 0.722 bits per heavy atom. The molecule has 18 heavy (non-hydrogen) atoms. The number of carboxylic acids is 3. The molecule has 10 nitrogen and oxygen atoms in total. The fourth-order valence-electron chi connectivity index (χ4n) is 0. The Bertz CT molecular complexity index is 166. The Kier molecular flexibility index (Phi) is 60.8. The van der Waals surface area contributed by atoms with Crippen LogP contribution in [-0.2, 0) is 40.6 Å². The molecule has 0 rings (SSSR count). The zero-order chi connectivity index (χ0) is 12.9. The van der Waals surface area contributed by atoms with Gasteiger partial charge in [0, 0.05) is 26.2 Å². The first-order chi connectivity index (χ1) is 6.81. The van der Waals surface area contributed by atoms with Crippen LogP contribution in [0.25, 0.3) is 0 Å². The van der Waals surface area contributed by atoms with Gasteiger partial charge in [-0.15, -0.1) is 0 Å². The first-order valence-corrected chi connectivity index (χ1v) is 3.29. The number of carboxylic acid groups (broad SMARTS) is 3. The van der Waals surface area contributed by atoms with Gasteiger partial charge in [-0.25, -0.2) is 14.4 Å². The molecule has 0 saturated heterocycles. The largest absolute Gasteiger partial charge is 1.00 e. The molecule has 102 valence electrons. The van der Waals surface area contributed by atoms with Gasteiger partial charge in [-0.1, -0.05) is 0 Å². The van der Waals surface area contributed by atoms with E-state index in [1.807, 2.05) is 0 Å². The van der Waals surface area contributed by atoms with Gasteiger partial charge in [0.1, 0.15) is 19.8 Å². The summed E-state index contributed by atoms with van der Waals surface area (Å²) in [5, 5.41) is 45.0. The smallest absolute Gasteiger partial charge is 0.480 e. The van der Waals surface area contributed by atoms with Crippen molar-refractivity contribution >= 4 is 17.9 Å². The van der Waals surface area contributed by atoms with E-state index in [-0.39, 0.29) is 61.2 Å². The molecule has 0 saturated carbocycles. The Morgan fingerprint density at radius 3 is 0.722 bits per heavy atom. The van der Waals surface area contributed by atoms with Crippen LogP contribution < -0.4 is 29.6 Å². The van der Waals surface area contributed by atoms with E-state index in [1.54, 1.807) is 0 Å². The predicted molar refractivity (Wildman–Crippen MR) is 47.8 cm³/mol. The third kappa shape index (κ3) is 98.2. The summed E-state index contributed by atoms with van der Waals surface area (Å²) in [4.78, 5) is 27.4. The van der Waals surface area contributed by atoms with Crippen molar-refractivity contribution in [3.63, 3.8) is 0 Å². The first-order valence-electron chi connectivity index (χ1n) is 3.29. The second kappa shape index (κ2) is 30.3. The Labute approximate surface area is 143 Å². The quantitative estimate of drug-likeness (QED) is 0.264. The van der Waals surface area contributed by atoms with E-state index in [1.165, 1.54) is 0 Å². The minimum Gasteiger partial charge on any atom is -0.480 e. The zero-order valence-electron chi connectivity index (χ0n) is 9.53. The van der Waals surface area contributed by atoms with Crippen LogP contribution in [0.3, 0.4) is 0 Å². The van der Waals surface area contributed by atoms with Crippen molar-refractivity contribution in [2.45, 2.75) is 0 Å². The Hall–Kier alpha value is 0.133. The molecule has 0 aromatic heterocycles. The summed E-state index contributed by atoms with van der Waals surface area (Å²) in [6.07, 6.45) is 0. The van der Waals surface area contributed by atoms with Gasteiger partial charge in [-0.2, -0.15) is 0 Å². The van der Waals surface area contributed by atoms with Crippen LogP contribution in [0.4, 0.5) is 0 Å². The van der Waals surface area contributed by atoms with Gasteiger partial charge in [0.2, 0.25) is 0 Å². The molecule has 0 spiro atoms. The summed E-state index contributed by atoms with van der Waals surface area (Å²) in [6, 6.07) is 0. The van der Waals surface area contributed by atoms with E-state index >= 15 is 0 Å². The molecule has 0 amide bonds. The average Bonchev–Trinajstić information content (AvgIpc) is 2.19. The normalized spacial score (nSPS) is 6.17. The molecule has 0 unspecified atom stereocenters. The molecule has 0 atom stereocenters. The SMILES string of the molecule is O.O=C(O)CO.O=C(O)CO.O=C(O)CO.[Na+].[Zr]. The van der Waals surface area contributed by atoms with E-state index in [4.69, 9.17) is 45.0 Å². The number of rotatable bonds is 3. The molecule has 0 heterocycles. The topological polar surface area (TPSA) is 204 Å². The second-order valence-electron chi connectivity index (χ2n) is 1.66. The van der Waals surface area contributed by atoms with E-state index in [2.05, 4.69) is 0 Å². The molecule has 12 heteroatoms. The molecule has 0 aliphatic carbocycles. The molecule has 8 N–H and O–H groups in total. The van der Waals surface area contributed by atoms with Gasteiger partial charge in [-0.3, -0.25) is 0 Å². The molecule has 0 aromatic rings. The average molecular weight is 360 g/mol. The van der Waals surface area contributed by atoms with Crippen molar-refractivity contribution in [2.24, 2.45) is 0 Å². The summed E-state index contributed by atoms with van der Waals surface area (Å²) < 4.78 is 0. The van der Waals surface area contributed by atoms with Crippen molar-refractivity contribution in [1.82, 2.24) is 0 Å². The third-order valence-corrected chi connectivity index (χ3v) is 0.406. The van der Waals surface area contributed by atoms with Crippen LogP contribution in [0, 0.1) is 0 Å². The van der Waals surface area contributed by atoms with Gasteiger partial charge in [0.15, 0.2) is 0 Å². The van der Waals surface area contributed by atoms with Gasteiger partial charge in [0.05, 0.1) is 0 Å². The fraction of sp³-hybridized carbons (Fsp3) is 0.500. The maximum atomic E-state index is 9.12. The molecule has 0 fully saturated rings. The van der Waals surface area contributed by atoms with E-state index in [0.717, 1.165) is 0 Å². The number of aliphatic hydroxyl groups is 3. The summed E-state index contributed by atoms with van der Waals surface area (Å²) in [6.45, 7) is -2.33. The number of aliphatic hydroxyl groups excluding tert-OH is 3. The second-order valence-corrected chi connectivity index (χ2v) is 1.66. The van der Waals surface area contributed by atoms with Crippen LogP contribution in [0.15, 0.2) is 0 Å². The zero-order valence-corrected chi connectivity index (χ0v) is 14.0. The summed E-state index contributed by atoms with van der Waals surface area (Å²) in [7, 11) is 0. The number of aliphatic carboxylic acids is 3. The summed E-state index contributed by atoms with van der Waals surface area (Å²) in [5.74, 6) is -3.57. The predicted octanol–water partition coefficient (Wildman–Crippen LogP) is -6.63. The van der Waals surface area contributed by atoms with E-state index in [9.17, 15) is 0 Å². The van der Waals surface area contributed by atoms with Crippen LogP contribution in [-0.4, -0.2) is 73.8 Å². The standard InChI is InChI=1S/3C2H4O3.Na.H2O.Zr/c3*3-1-2(4)5;;;/h3*3H,1H2,(H,4,5);;1H2;/q;;;+1;;. The molecule has 0 aliphatic rings. The summed E-state index contributed by atoms with van der Waals surface area (Å²) >= 11 is 0. The van der Waals surface area contributed by atoms with Gasteiger partial charge in [-0.05, 0) is 0 Å². The maximum Gasteiger partial charge on any atom is 1.00 e. The van der Waals surface area contributed by atoms with Crippen molar-refractivity contribution in [3.05, 3.63) is 0 Å². The molecule has 0 bridgehead atoms. The first kappa shape index (κ1) is 36.2. The Balaban J connectivity index is -0.0000000277. The molecule has 0 radical (unpaired) electrons. The van der Waals surface area contributed by atoms with Gasteiger partial charge in [0.25, 0.3) is 0 Å². The van der Waals surface area contributed by atoms with Crippen molar-refractivity contribution < 1.29 is 106 Å². The molecule has 0 aliphatic heterocycles. The fourth-order valence-corrected chi connectivity index (χ4v) is 0. The number of hydrogen-bond acceptors (Lipinski definition) is 6. The maximum absolute atomic E-state index is 9.12. The van der Waals surface area contributed by atoms with E-state index in [0.29, 0.717) is 0 Å². The molecule has 0 aromatic carbocycles. The van der Waals surface area contributed by atoms with Crippen LogP contribution in [0.5, 0.6) is 0 Å². The number of hydrogen-bond donors (Lipinski definition) is 6. The molecular weight excluding hydrogens is 346 g/mol. The van der Waals surface area contributed by atoms with Crippen LogP contribution in [0.2, 0.25) is 0 Å². The van der Waals surface area contributed by atoms with E-state index < -0.39 is 37.7 Å². The van der Waals surface area contributed by atoms with Crippen molar-refractivity contribution in [2.75, 3.05) is 19.8 Å². The van der Waals surface area contributed by atoms with Gasteiger partial charge < -0.3 is 36.1 Å². The minimum atomic E-state index is -1.19. The Morgan fingerprint density at radius 1 is 0.667 bits per heavy atom. The van der Waals surface area contributed by atoms with Crippen molar-refractivity contribution in [3.8, 4) is 0 Å². The van der Waals surface area contributed by atoms with Crippen LogP contribution >= 0.6 is 0 Å². The summed E-state index contributed by atoms with van der Waals surface area (Å²) in [5.41, 5.74) is 0. The number of carbonyl (C=O) groups is 3. The van der Waals surface area contributed by atoms with Crippen LogP contribution in [0.1, 0.15) is 0 Å². The van der Waals surface area contributed by atoms with Gasteiger partial charge >= 0.3 is 47.5 Å². The van der Waals surface area contributed by atoms with Crippen molar-refractivity contribution in [1.29, 1.82) is 0 Å². The monoisotopic (exact) mass is 359 g/mol.